The molecule has 1 aliphatic rings. The second kappa shape index (κ2) is 6.22. The van der Waals surface area contributed by atoms with Crippen LogP contribution in [0.2, 0.25) is 0 Å². The zero-order valence-electron chi connectivity index (χ0n) is 12.9. The van der Waals surface area contributed by atoms with Crippen LogP contribution in [0.15, 0.2) is 28.8 Å². The molecule has 5 heteroatoms. The van der Waals surface area contributed by atoms with Crippen molar-refractivity contribution in [2.45, 2.75) is 33.1 Å². The first-order valence-corrected chi connectivity index (χ1v) is 7.59. The van der Waals surface area contributed by atoms with E-state index in [9.17, 15) is 4.79 Å². The van der Waals surface area contributed by atoms with Gasteiger partial charge in [0.2, 0.25) is 5.88 Å². The zero-order chi connectivity index (χ0) is 15.5. The van der Waals surface area contributed by atoms with E-state index in [1.807, 2.05) is 31.2 Å². The lowest BCUT2D eigenvalue weighted by atomic mass is 9.89. The van der Waals surface area contributed by atoms with Crippen molar-refractivity contribution in [3.63, 3.8) is 0 Å². The van der Waals surface area contributed by atoms with Gasteiger partial charge in [-0.05, 0) is 43.7 Å². The van der Waals surface area contributed by atoms with Crippen molar-refractivity contribution >= 4 is 11.8 Å². The Labute approximate surface area is 129 Å². The molecule has 1 N–H and O–H groups in total. The van der Waals surface area contributed by atoms with E-state index in [0.717, 1.165) is 36.1 Å². The van der Waals surface area contributed by atoms with Crippen LogP contribution >= 0.6 is 0 Å². The SMILES string of the molecule is Cc1ccccc1OCC(=O)Nc1onc2c1C[C@H](C)CC2. The van der Waals surface area contributed by atoms with Crippen LogP contribution in [0, 0.1) is 12.8 Å². The number of rotatable bonds is 4. The summed E-state index contributed by atoms with van der Waals surface area (Å²) in [4.78, 5) is 12.0. The smallest absolute Gasteiger partial charge is 0.264 e. The Kier molecular flexibility index (Phi) is 4.13. The Balaban J connectivity index is 1.61. The number of benzene rings is 1. The van der Waals surface area contributed by atoms with Crippen molar-refractivity contribution in [3.8, 4) is 5.75 Å². The van der Waals surface area contributed by atoms with Gasteiger partial charge in [0.05, 0.1) is 5.69 Å². The van der Waals surface area contributed by atoms with Crippen LogP contribution in [-0.2, 0) is 17.6 Å². The summed E-state index contributed by atoms with van der Waals surface area (Å²) in [7, 11) is 0. The van der Waals surface area contributed by atoms with Crippen LogP contribution < -0.4 is 10.1 Å². The number of carbonyl (C=O) groups is 1. The molecule has 0 saturated heterocycles. The molecule has 0 bridgehead atoms. The lowest BCUT2D eigenvalue weighted by molar-refractivity contribution is -0.118. The normalized spacial score (nSPS) is 16.9. The van der Waals surface area contributed by atoms with Gasteiger partial charge >= 0.3 is 0 Å². The van der Waals surface area contributed by atoms with E-state index >= 15 is 0 Å². The number of aryl methyl sites for hydroxylation is 2. The molecule has 3 rings (SSSR count). The average molecular weight is 300 g/mol. The van der Waals surface area contributed by atoms with Gasteiger partial charge in [-0.2, -0.15) is 0 Å². The molecule has 116 valence electrons. The Morgan fingerprint density at radius 2 is 2.27 bits per heavy atom. The van der Waals surface area contributed by atoms with Crippen molar-refractivity contribution in [2.75, 3.05) is 11.9 Å². The van der Waals surface area contributed by atoms with Crippen LogP contribution in [0.1, 0.15) is 30.2 Å². The highest BCUT2D eigenvalue weighted by molar-refractivity contribution is 5.91. The van der Waals surface area contributed by atoms with E-state index in [1.165, 1.54) is 0 Å². The van der Waals surface area contributed by atoms with E-state index in [1.54, 1.807) is 0 Å². The molecule has 0 unspecified atom stereocenters. The molecule has 2 aromatic rings. The highest BCUT2D eigenvalue weighted by atomic mass is 16.5. The summed E-state index contributed by atoms with van der Waals surface area (Å²) in [5.41, 5.74) is 3.00. The number of hydrogen-bond acceptors (Lipinski definition) is 4. The average Bonchev–Trinajstić information content (AvgIpc) is 2.89. The van der Waals surface area contributed by atoms with E-state index in [2.05, 4.69) is 17.4 Å². The van der Waals surface area contributed by atoms with Gasteiger partial charge in [0.1, 0.15) is 5.75 Å². The van der Waals surface area contributed by atoms with Crippen LogP contribution in [0.5, 0.6) is 5.75 Å². The molecule has 1 atom stereocenters. The fraction of sp³-hybridized carbons (Fsp3) is 0.412. The third-order valence-corrected chi connectivity index (χ3v) is 4.00. The summed E-state index contributed by atoms with van der Waals surface area (Å²) in [6, 6.07) is 7.61. The Bertz CT molecular complexity index is 678. The first kappa shape index (κ1) is 14.6. The second-order valence-electron chi connectivity index (χ2n) is 5.89. The lowest BCUT2D eigenvalue weighted by Crippen LogP contribution is -2.21. The summed E-state index contributed by atoms with van der Waals surface area (Å²) in [5.74, 6) is 1.54. The molecule has 5 nitrogen and oxygen atoms in total. The minimum Gasteiger partial charge on any atom is -0.483 e. The largest absolute Gasteiger partial charge is 0.483 e. The highest BCUT2D eigenvalue weighted by Gasteiger charge is 2.24. The van der Waals surface area contributed by atoms with E-state index < -0.39 is 0 Å². The summed E-state index contributed by atoms with van der Waals surface area (Å²) >= 11 is 0. The van der Waals surface area contributed by atoms with Gasteiger partial charge in [-0.1, -0.05) is 30.3 Å². The molecule has 0 aliphatic heterocycles. The summed E-state index contributed by atoms with van der Waals surface area (Å²) < 4.78 is 10.8. The third-order valence-electron chi connectivity index (χ3n) is 4.00. The van der Waals surface area contributed by atoms with Crippen LogP contribution in [0.4, 0.5) is 5.88 Å². The minimum absolute atomic E-state index is 0.0458. The quantitative estimate of drug-likeness (QED) is 0.942. The first-order chi connectivity index (χ1) is 10.6. The number of nitrogens with one attached hydrogen (secondary N) is 1. The van der Waals surface area contributed by atoms with Crippen LogP contribution in [0.3, 0.4) is 0 Å². The predicted octanol–water partition coefficient (Wildman–Crippen LogP) is 3.13. The van der Waals surface area contributed by atoms with Crippen molar-refractivity contribution in [1.29, 1.82) is 0 Å². The summed E-state index contributed by atoms with van der Waals surface area (Å²) in [6.07, 6.45) is 2.92. The van der Waals surface area contributed by atoms with Gasteiger partial charge in [-0.25, -0.2) is 0 Å². The highest BCUT2D eigenvalue weighted by Crippen LogP contribution is 2.30. The zero-order valence-corrected chi connectivity index (χ0v) is 12.9. The summed E-state index contributed by atoms with van der Waals surface area (Å²) in [6.45, 7) is 4.10. The molecule has 0 spiro atoms. The van der Waals surface area contributed by atoms with Gasteiger partial charge < -0.3 is 9.26 Å². The number of amides is 1. The molecule has 0 fully saturated rings. The predicted molar refractivity (Wildman–Crippen MR) is 83.0 cm³/mol. The molecule has 1 amide bonds. The van der Waals surface area contributed by atoms with Crippen molar-refractivity contribution in [3.05, 3.63) is 41.1 Å². The molecule has 1 aromatic heterocycles. The molecule has 1 aliphatic carbocycles. The topological polar surface area (TPSA) is 64.4 Å². The maximum atomic E-state index is 12.0. The fourth-order valence-corrected chi connectivity index (χ4v) is 2.71. The number of ether oxygens (including phenoxy) is 1. The number of hydrogen-bond donors (Lipinski definition) is 1. The van der Waals surface area contributed by atoms with Gasteiger partial charge in [-0.3, -0.25) is 10.1 Å². The van der Waals surface area contributed by atoms with Crippen LogP contribution in [0.25, 0.3) is 0 Å². The molecule has 1 aromatic carbocycles. The Hall–Kier alpha value is -2.30. The third kappa shape index (κ3) is 3.13. The monoisotopic (exact) mass is 300 g/mol. The van der Waals surface area contributed by atoms with Gasteiger partial charge in [0, 0.05) is 5.56 Å². The molecular weight excluding hydrogens is 280 g/mol. The van der Waals surface area contributed by atoms with Gasteiger partial charge in [-0.15, -0.1) is 0 Å². The lowest BCUT2D eigenvalue weighted by Gasteiger charge is -2.16. The second-order valence-corrected chi connectivity index (χ2v) is 5.89. The molecular formula is C17H20N2O3. The van der Waals surface area contributed by atoms with Gasteiger partial charge in [0.25, 0.3) is 5.91 Å². The molecule has 1 heterocycles. The maximum Gasteiger partial charge on any atom is 0.264 e. The molecule has 22 heavy (non-hydrogen) atoms. The number of aromatic nitrogens is 1. The standard InChI is InChI=1S/C17H20N2O3/c1-11-7-8-14-13(9-11)17(22-19-14)18-16(20)10-21-15-6-4-3-5-12(15)2/h3-6,11H,7-10H2,1-2H3,(H,18,20)/t11-/m1/s1. The number of carbonyl (C=O) groups excluding carboxylic acids is 1. The Morgan fingerprint density at radius 3 is 3.09 bits per heavy atom. The Morgan fingerprint density at radius 1 is 1.45 bits per heavy atom. The van der Waals surface area contributed by atoms with Crippen molar-refractivity contribution in [2.24, 2.45) is 5.92 Å². The van der Waals surface area contributed by atoms with E-state index in [4.69, 9.17) is 9.26 Å². The number of nitrogens with zero attached hydrogens (tertiary/aromatic N) is 1. The first-order valence-electron chi connectivity index (χ1n) is 7.59. The summed E-state index contributed by atoms with van der Waals surface area (Å²) in [5, 5.41) is 6.81. The van der Waals surface area contributed by atoms with Crippen molar-refractivity contribution in [1.82, 2.24) is 5.16 Å². The van der Waals surface area contributed by atoms with E-state index in [-0.39, 0.29) is 12.5 Å². The maximum absolute atomic E-state index is 12.0. The number of para-hydroxylation sites is 1. The van der Waals surface area contributed by atoms with Gasteiger partial charge in [0.15, 0.2) is 6.61 Å². The molecule has 0 saturated carbocycles. The minimum atomic E-state index is -0.236. The number of anilines is 1. The van der Waals surface area contributed by atoms with Crippen LogP contribution in [-0.4, -0.2) is 17.7 Å². The number of fused-ring (bicyclic) bond motifs is 1. The molecule has 0 radical (unpaired) electrons. The fourth-order valence-electron chi connectivity index (χ4n) is 2.71. The van der Waals surface area contributed by atoms with Crippen molar-refractivity contribution < 1.29 is 14.1 Å². The van der Waals surface area contributed by atoms with E-state index in [0.29, 0.717) is 17.6 Å².